The van der Waals surface area contributed by atoms with E-state index >= 15 is 0 Å². The van der Waals surface area contributed by atoms with E-state index in [0.717, 1.165) is 23.4 Å². The van der Waals surface area contributed by atoms with Crippen molar-refractivity contribution in [2.75, 3.05) is 11.4 Å². The van der Waals surface area contributed by atoms with Gasteiger partial charge in [0.15, 0.2) is 0 Å². The van der Waals surface area contributed by atoms with Crippen molar-refractivity contribution in [3.63, 3.8) is 0 Å². The van der Waals surface area contributed by atoms with Gasteiger partial charge in [-0.05, 0) is 51.8 Å². The number of anilines is 1. The summed E-state index contributed by atoms with van der Waals surface area (Å²) in [5.74, 6) is 6.79. The van der Waals surface area contributed by atoms with Crippen LogP contribution in [-0.2, 0) is 16.8 Å². The van der Waals surface area contributed by atoms with Crippen LogP contribution in [0.15, 0.2) is 54.6 Å². The van der Waals surface area contributed by atoms with Crippen LogP contribution >= 0.6 is 0 Å². The number of carbonyl (C=O) groups excluding carboxylic acids is 1. The Kier molecular flexibility index (Phi) is 6.45. The molecular weight excluding hydrogens is 356 g/mol. The van der Waals surface area contributed by atoms with Gasteiger partial charge < -0.3 is 4.90 Å². The molecule has 2 aromatic carbocycles. The SMILES string of the molecule is CC(C)N(CC#CCC1(C)C(=O)N(Cc2ccccc2)c2ccccc21)C(C)C. The standard InChI is InChI=1S/C26H32N2O/c1-20(2)27(21(3)4)18-12-11-17-26(5)23-15-9-10-16-24(23)28(25(26)29)19-22-13-7-6-8-14-22/h6-10,13-16,20-21H,17-19H2,1-5H3. The van der Waals surface area contributed by atoms with Gasteiger partial charge in [-0.15, -0.1) is 5.92 Å². The maximum absolute atomic E-state index is 13.5. The average molecular weight is 389 g/mol. The van der Waals surface area contributed by atoms with Crippen LogP contribution in [0.3, 0.4) is 0 Å². The highest BCUT2D eigenvalue weighted by Crippen LogP contribution is 2.44. The van der Waals surface area contributed by atoms with Crippen molar-refractivity contribution in [3.8, 4) is 11.8 Å². The number of hydrogen-bond acceptors (Lipinski definition) is 2. The Bertz CT molecular complexity index is 899. The molecule has 29 heavy (non-hydrogen) atoms. The Labute approximate surface area is 175 Å². The van der Waals surface area contributed by atoms with Gasteiger partial charge in [-0.2, -0.15) is 0 Å². The number of carbonyl (C=O) groups is 1. The molecule has 1 aliphatic rings. The van der Waals surface area contributed by atoms with Gasteiger partial charge in [0.1, 0.15) is 0 Å². The van der Waals surface area contributed by atoms with Gasteiger partial charge in [-0.25, -0.2) is 0 Å². The maximum Gasteiger partial charge on any atom is 0.238 e. The molecule has 1 heterocycles. The van der Waals surface area contributed by atoms with E-state index < -0.39 is 5.41 Å². The number of rotatable bonds is 6. The van der Waals surface area contributed by atoms with Gasteiger partial charge in [-0.1, -0.05) is 54.5 Å². The van der Waals surface area contributed by atoms with Crippen molar-refractivity contribution in [1.29, 1.82) is 0 Å². The lowest BCUT2D eigenvalue weighted by molar-refractivity contribution is -0.122. The Morgan fingerprint density at radius 1 is 0.931 bits per heavy atom. The van der Waals surface area contributed by atoms with Crippen LogP contribution in [0, 0.1) is 11.8 Å². The van der Waals surface area contributed by atoms with Crippen LogP contribution in [0.4, 0.5) is 5.69 Å². The molecule has 0 N–H and O–H groups in total. The van der Waals surface area contributed by atoms with Crippen molar-refractivity contribution < 1.29 is 4.79 Å². The second kappa shape index (κ2) is 8.84. The van der Waals surface area contributed by atoms with Crippen LogP contribution < -0.4 is 4.90 Å². The van der Waals surface area contributed by atoms with Crippen molar-refractivity contribution in [1.82, 2.24) is 4.90 Å². The van der Waals surface area contributed by atoms with Gasteiger partial charge in [-0.3, -0.25) is 9.69 Å². The number of amides is 1. The summed E-state index contributed by atoms with van der Waals surface area (Å²) in [6.07, 6.45) is 0.540. The number of hydrogen-bond donors (Lipinski definition) is 0. The zero-order valence-electron chi connectivity index (χ0n) is 18.3. The van der Waals surface area contributed by atoms with Crippen molar-refractivity contribution in [2.45, 2.75) is 65.1 Å². The van der Waals surface area contributed by atoms with Crippen molar-refractivity contribution >= 4 is 11.6 Å². The summed E-state index contributed by atoms with van der Waals surface area (Å²) in [6, 6.07) is 19.2. The van der Waals surface area contributed by atoms with Crippen LogP contribution in [0.25, 0.3) is 0 Å². The monoisotopic (exact) mass is 388 g/mol. The second-order valence-corrected chi connectivity index (χ2v) is 8.62. The number of fused-ring (bicyclic) bond motifs is 1. The van der Waals surface area contributed by atoms with Gasteiger partial charge >= 0.3 is 0 Å². The fraction of sp³-hybridized carbons (Fsp3) is 0.423. The van der Waals surface area contributed by atoms with E-state index in [1.54, 1.807) is 0 Å². The molecule has 0 radical (unpaired) electrons. The quantitative estimate of drug-likeness (QED) is 0.650. The molecule has 0 spiro atoms. The summed E-state index contributed by atoms with van der Waals surface area (Å²) in [6.45, 7) is 12.1. The fourth-order valence-corrected chi connectivity index (χ4v) is 4.14. The molecule has 1 atom stereocenters. The summed E-state index contributed by atoms with van der Waals surface area (Å²) in [4.78, 5) is 17.8. The molecule has 3 rings (SSSR count). The smallest absolute Gasteiger partial charge is 0.238 e. The van der Waals surface area contributed by atoms with E-state index in [1.807, 2.05) is 48.2 Å². The second-order valence-electron chi connectivity index (χ2n) is 8.62. The molecule has 1 aliphatic heterocycles. The minimum absolute atomic E-state index is 0.140. The van der Waals surface area contributed by atoms with Gasteiger partial charge in [0.05, 0.1) is 18.5 Å². The predicted molar refractivity (Wildman–Crippen MR) is 121 cm³/mol. The lowest BCUT2D eigenvalue weighted by Crippen LogP contribution is -2.38. The first-order valence-corrected chi connectivity index (χ1v) is 10.5. The minimum Gasteiger partial charge on any atom is -0.307 e. The molecule has 1 amide bonds. The molecule has 1 unspecified atom stereocenters. The summed E-state index contributed by atoms with van der Waals surface area (Å²) in [5.41, 5.74) is 2.63. The van der Waals surface area contributed by atoms with Crippen LogP contribution in [0.1, 0.15) is 52.2 Å². The molecule has 0 aromatic heterocycles. The summed E-state index contributed by atoms with van der Waals surface area (Å²) in [5, 5.41) is 0. The molecule has 0 saturated carbocycles. The molecule has 2 aromatic rings. The van der Waals surface area contributed by atoms with Crippen LogP contribution in [0.2, 0.25) is 0 Å². The third kappa shape index (κ3) is 4.38. The lowest BCUT2D eigenvalue weighted by Gasteiger charge is -2.28. The molecule has 0 saturated heterocycles. The molecule has 3 heteroatoms. The molecule has 0 aliphatic carbocycles. The first-order chi connectivity index (χ1) is 13.8. The van der Waals surface area contributed by atoms with E-state index in [2.05, 4.69) is 62.6 Å². The number of para-hydroxylation sites is 1. The largest absolute Gasteiger partial charge is 0.307 e. The van der Waals surface area contributed by atoms with Crippen LogP contribution in [-0.4, -0.2) is 29.4 Å². The van der Waals surface area contributed by atoms with E-state index in [4.69, 9.17) is 0 Å². The molecule has 152 valence electrons. The third-order valence-electron chi connectivity index (χ3n) is 5.85. The first kappa shape index (κ1) is 21.1. The van der Waals surface area contributed by atoms with E-state index in [-0.39, 0.29) is 5.91 Å². The van der Waals surface area contributed by atoms with Crippen molar-refractivity contribution in [2.24, 2.45) is 0 Å². The van der Waals surface area contributed by atoms with E-state index in [0.29, 0.717) is 25.0 Å². The predicted octanol–water partition coefficient (Wildman–Crippen LogP) is 5.00. The van der Waals surface area contributed by atoms with Gasteiger partial charge in [0, 0.05) is 24.2 Å². The first-order valence-electron chi connectivity index (χ1n) is 10.5. The maximum atomic E-state index is 13.5. The summed E-state index contributed by atoms with van der Waals surface area (Å²) >= 11 is 0. The minimum atomic E-state index is -0.598. The highest BCUT2D eigenvalue weighted by molar-refractivity contribution is 6.08. The molecular formula is C26H32N2O. The normalized spacial score (nSPS) is 18.3. The van der Waals surface area contributed by atoms with Crippen molar-refractivity contribution in [3.05, 3.63) is 65.7 Å². The topological polar surface area (TPSA) is 23.6 Å². The summed E-state index contributed by atoms with van der Waals surface area (Å²) < 4.78 is 0. The Morgan fingerprint density at radius 3 is 2.21 bits per heavy atom. The third-order valence-corrected chi connectivity index (χ3v) is 5.85. The highest BCUT2D eigenvalue weighted by Gasteiger charge is 2.46. The Hall–Kier alpha value is -2.57. The fourth-order valence-electron chi connectivity index (χ4n) is 4.14. The van der Waals surface area contributed by atoms with E-state index in [1.165, 1.54) is 0 Å². The number of benzene rings is 2. The van der Waals surface area contributed by atoms with Gasteiger partial charge in [0.2, 0.25) is 5.91 Å². The van der Waals surface area contributed by atoms with Gasteiger partial charge in [0.25, 0.3) is 0 Å². The number of nitrogens with zero attached hydrogens (tertiary/aromatic N) is 2. The molecule has 0 fully saturated rings. The average Bonchev–Trinajstić information content (AvgIpc) is 2.90. The lowest BCUT2D eigenvalue weighted by atomic mass is 9.81. The van der Waals surface area contributed by atoms with Crippen LogP contribution in [0.5, 0.6) is 0 Å². The zero-order valence-corrected chi connectivity index (χ0v) is 18.3. The zero-order chi connectivity index (χ0) is 21.0. The Balaban J connectivity index is 1.82. The Morgan fingerprint density at radius 2 is 1.55 bits per heavy atom. The summed E-state index contributed by atoms with van der Waals surface area (Å²) in [7, 11) is 0. The highest BCUT2D eigenvalue weighted by atomic mass is 16.2. The molecule has 0 bridgehead atoms. The van der Waals surface area contributed by atoms with E-state index in [9.17, 15) is 4.79 Å². The molecule has 3 nitrogen and oxygen atoms in total.